The molecule has 0 spiro atoms. The van der Waals surface area contributed by atoms with Crippen molar-refractivity contribution in [3.8, 4) is 0 Å². The molecule has 1 aromatic heterocycles. The number of carbonyl (C=O) groups excluding carboxylic acids is 1. The fourth-order valence-corrected chi connectivity index (χ4v) is 4.45. The second-order valence-corrected chi connectivity index (χ2v) is 7.66. The Labute approximate surface area is 155 Å². The molecule has 0 unspecified atom stereocenters. The number of amides is 1. The highest BCUT2D eigenvalue weighted by Crippen LogP contribution is 2.47. The van der Waals surface area contributed by atoms with Crippen molar-refractivity contribution in [3.05, 3.63) is 35.5 Å². The Morgan fingerprint density at radius 2 is 1.93 bits per heavy atom. The van der Waals surface area contributed by atoms with E-state index >= 15 is 0 Å². The second kappa shape index (κ2) is 7.19. The zero-order chi connectivity index (χ0) is 19.0. The summed E-state index contributed by atoms with van der Waals surface area (Å²) >= 11 is 0. The summed E-state index contributed by atoms with van der Waals surface area (Å²) in [7, 11) is 0. The van der Waals surface area contributed by atoms with Gasteiger partial charge in [0.05, 0.1) is 0 Å². The van der Waals surface area contributed by atoms with Gasteiger partial charge in [0.2, 0.25) is 5.91 Å². The van der Waals surface area contributed by atoms with Crippen LogP contribution in [0.1, 0.15) is 30.5 Å². The molecule has 1 aliphatic heterocycles. The Balaban J connectivity index is 1.37. The van der Waals surface area contributed by atoms with Crippen LogP contribution in [0, 0.1) is 17.8 Å². The van der Waals surface area contributed by atoms with E-state index in [2.05, 4.69) is 15.6 Å². The third-order valence-electron chi connectivity index (χ3n) is 5.94. The Hall–Kier alpha value is -2.02. The van der Waals surface area contributed by atoms with Crippen molar-refractivity contribution < 1.29 is 18.0 Å². The van der Waals surface area contributed by atoms with E-state index in [1.807, 2.05) is 0 Å². The number of piperidine rings is 1. The number of hydrogen-bond acceptors (Lipinski definition) is 2. The molecule has 1 aromatic carbocycles. The number of halogens is 3. The lowest BCUT2D eigenvalue weighted by Crippen LogP contribution is -2.31. The molecule has 1 saturated carbocycles. The van der Waals surface area contributed by atoms with Crippen LogP contribution in [-0.4, -0.2) is 30.5 Å². The average molecular weight is 379 g/mol. The number of carbonyl (C=O) groups is 1. The lowest BCUT2D eigenvalue weighted by atomic mass is 9.92. The molecule has 27 heavy (non-hydrogen) atoms. The maximum absolute atomic E-state index is 13.3. The van der Waals surface area contributed by atoms with E-state index in [0.29, 0.717) is 22.7 Å². The smallest absolute Gasteiger partial charge is 0.356 e. The van der Waals surface area contributed by atoms with E-state index < -0.39 is 11.9 Å². The summed E-state index contributed by atoms with van der Waals surface area (Å²) < 4.78 is 40.0. The van der Waals surface area contributed by atoms with Crippen LogP contribution in [-0.2, 0) is 17.4 Å². The molecule has 1 saturated heterocycles. The SMILES string of the molecule is O=C(NCCc1c(C(F)(F)F)[nH]c2ccccc12)[C@@H]1C[C@H]1C1CCNCC1. The van der Waals surface area contributed by atoms with Crippen LogP contribution >= 0.6 is 0 Å². The highest BCUT2D eigenvalue weighted by molar-refractivity contribution is 5.85. The molecule has 2 fully saturated rings. The van der Waals surface area contributed by atoms with Gasteiger partial charge in [-0.2, -0.15) is 13.2 Å². The largest absolute Gasteiger partial charge is 0.431 e. The van der Waals surface area contributed by atoms with Gasteiger partial charge in [-0.25, -0.2) is 0 Å². The van der Waals surface area contributed by atoms with Crippen LogP contribution in [0.2, 0.25) is 0 Å². The first-order chi connectivity index (χ1) is 12.9. The van der Waals surface area contributed by atoms with Gasteiger partial charge in [-0.15, -0.1) is 0 Å². The van der Waals surface area contributed by atoms with Gasteiger partial charge in [0.25, 0.3) is 0 Å². The molecule has 4 rings (SSSR count). The number of aromatic nitrogens is 1. The van der Waals surface area contributed by atoms with E-state index in [-0.39, 0.29) is 30.4 Å². The van der Waals surface area contributed by atoms with Gasteiger partial charge < -0.3 is 15.6 Å². The molecule has 2 heterocycles. The molecule has 146 valence electrons. The first kappa shape index (κ1) is 18.3. The third kappa shape index (κ3) is 3.83. The maximum Gasteiger partial charge on any atom is 0.431 e. The van der Waals surface area contributed by atoms with Gasteiger partial charge in [0, 0.05) is 23.4 Å². The number of nitrogens with one attached hydrogen (secondary N) is 3. The number of hydrogen-bond donors (Lipinski definition) is 3. The topological polar surface area (TPSA) is 56.9 Å². The molecular formula is C20H24F3N3O. The summed E-state index contributed by atoms with van der Waals surface area (Å²) in [6, 6.07) is 6.76. The molecule has 1 amide bonds. The van der Waals surface area contributed by atoms with Gasteiger partial charge in [-0.1, -0.05) is 18.2 Å². The van der Waals surface area contributed by atoms with Crippen LogP contribution < -0.4 is 10.6 Å². The Bertz CT molecular complexity index is 823. The normalized spacial score (nSPS) is 23.5. The van der Waals surface area contributed by atoms with Crippen molar-refractivity contribution in [3.63, 3.8) is 0 Å². The van der Waals surface area contributed by atoms with Crippen LogP contribution in [0.25, 0.3) is 10.9 Å². The zero-order valence-electron chi connectivity index (χ0n) is 15.0. The summed E-state index contributed by atoms with van der Waals surface area (Å²) in [5.74, 6) is 1.09. The number of H-pyrrole nitrogens is 1. The van der Waals surface area contributed by atoms with Crippen LogP contribution in [0.15, 0.2) is 24.3 Å². The van der Waals surface area contributed by atoms with Crippen LogP contribution in [0.4, 0.5) is 13.2 Å². The molecule has 7 heteroatoms. The fourth-order valence-electron chi connectivity index (χ4n) is 4.45. The Morgan fingerprint density at radius 1 is 1.19 bits per heavy atom. The third-order valence-corrected chi connectivity index (χ3v) is 5.94. The number of para-hydroxylation sites is 1. The lowest BCUT2D eigenvalue weighted by Gasteiger charge is -2.22. The summed E-state index contributed by atoms with van der Waals surface area (Å²) in [6.07, 6.45) is -1.14. The first-order valence-corrected chi connectivity index (χ1v) is 9.60. The minimum absolute atomic E-state index is 0.00747. The van der Waals surface area contributed by atoms with Crippen molar-refractivity contribution in [1.29, 1.82) is 0 Å². The molecule has 4 nitrogen and oxygen atoms in total. The molecule has 3 N–H and O–H groups in total. The van der Waals surface area contributed by atoms with E-state index in [4.69, 9.17) is 0 Å². The van der Waals surface area contributed by atoms with Gasteiger partial charge in [-0.05, 0) is 62.2 Å². The maximum atomic E-state index is 13.3. The molecule has 0 bridgehead atoms. The van der Waals surface area contributed by atoms with Crippen LogP contribution in [0.5, 0.6) is 0 Å². The molecule has 2 aliphatic rings. The number of alkyl halides is 3. The number of rotatable bonds is 5. The average Bonchev–Trinajstić information content (AvgIpc) is 3.37. The fraction of sp³-hybridized carbons (Fsp3) is 0.550. The first-order valence-electron chi connectivity index (χ1n) is 9.60. The molecule has 2 atom stereocenters. The zero-order valence-corrected chi connectivity index (χ0v) is 15.0. The summed E-state index contributed by atoms with van der Waals surface area (Å²) in [5, 5.41) is 6.76. The van der Waals surface area contributed by atoms with Crippen molar-refractivity contribution >= 4 is 16.8 Å². The number of fused-ring (bicyclic) bond motifs is 1. The van der Waals surface area contributed by atoms with Crippen molar-refractivity contribution in [1.82, 2.24) is 15.6 Å². The predicted octanol–water partition coefficient (Wildman–Crippen LogP) is 3.48. The number of benzene rings is 1. The molecule has 1 aliphatic carbocycles. The molecule has 2 aromatic rings. The van der Waals surface area contributed by atoms with E-state index in [0.717, 1.165) is 32.4 Å². The van der Waals surface area contributed by atoms with Gasteiger partial charge >= 0.3 is 6.18 Å². The Morgan fingerprint density at radius 3 is 2.67 bits per heavy atom. The standard InChI is InChI=1S/C20H24F3N3O/c21-20(22,23)18-14(13-3-1-2-4-17(13)26-18)7-10-25-19(27)16-11-15(16)12-5-8-24-9-6-12/h1-4,12,15-16,24,26H,5-11H2,(H,25,27)/t15-,16+/m0/s1. The van der Waals surface area contributed by atoms with E-state index in [1.165, 1.54) is 0 Å². The summed E-state index contributed by atoms with van der Waals surface area (Å²) in [6.45, 7) is 2.24. The summed E-state index contributed by atoms with van der Waals surface area (Å²) in [4.78, 5) is 14.9. The number of aromatic amines is 1. The highest BCUT2D eigenvalue weighted by atomic mass is 19.4. The summed E-state index contributed by atoms with van der Waals surface area (Å²) in [5.41, 5.74) is -0.0135. The van der Waals surface area contributed by atoms with Crippen molar-refractivity contribution in [2.75, 3.05) is 19.6 Å². The van der Waals surface area contributed by atoms with Gasteiger partial charge in [-0.3, -0.25) is 4.79 Å². The minimum atomic E-state index is -4.44. The second-order valence-electron chi connectivity index (χ2n) is 7.66. The minimum Gasteiger partial charge on any atom is -0.356 e. The highest BCUT2D eigenvalue weighted by Gasteiger charge is 2.47. The van der Waals surface area contributed by atoms with E-state index in [9.17, 15) is 18.0 Å². The molecule has 0 radical (unpaired) electrons. The Kier molecular flexibility index (Phi) is 4.88. The van der Waals surface area contributed by atoms with Crippen LogP contribution in [0.3, 0.4) is 0 Å². The van der Waals surface area contributed by atoms with Gasteiger partial charge in [0.1, 0.15) is 5.69 Å². The predicted molar refractivity (Wildman–Crippen MR) is 97.2 cm³/mol. The van der Waals surface area contributed by atoms with Crippen molar-refractivity contribution in [2.24, 2.45) is 17.8 Å². The molecular weight excluding hydrogens is 355 g/mol. The quantitative estimate of drug-likeness (QED) is 0.745. The monoisotopic (exact) mass is 379 g/mol. The van der Waals surface area contributed by atoms with E-state index in [1.54, 1.807) is 24.3 Å². The van der Waals surface area contributed by atoms with Gasteiger partial charge in [0.15, 0.2) is 0 Å². The van der Waals surface area contributed by atoms with Crippen molar-refractivity contribution in [2.45, 2.75) is 31.9 Å². The lowest BCUT2D eigenvalue weighted by molar-refractivity contribution is -0.141.